The van der Waals surface area contributed by atoms with Gasteiger partial charge >= 0.3 is 0 Å². The van der Waals surface area contributed by atoms with E-state index in [4.69, 9.17) is 11.6 Å². The number of hydrogen-bond acceptors (Lipinski definition) is 3. The molecule has 1 aliphatic rings. The molecule has 2 aromatic carbocycles. The van der Waals surface area contributed by atoms with Gasteiger partial charge in [0.15, 0.2) is 0 Å². The summed E-state index contributed by atoms with van der Waals surface area (Å²) in [6.07, 6.45) is 0.449. The van der Waals surface area contributed by atoms with Gasteiger partial charge in [-0.05, 0) is 23.8 Å². The summed E-state index contributed by atoms with van der Waals surface area (Å²) in [5.74, 6) is -0.0825. The van der Waals surface area contributed by atoms with Crippen LogP contribution in [0.15, 0.2) is 48.5 Å². The van der Waals surface area contributed by atoms with Gasteiger partial charge in [0, 0.05) is 50.7 Å². The standard InChI is InChI=1S/C20H23ClFN3O/c21-17-6-2-1-5-16(17)15-23-10-9-20(26)25-13-11-24(12-14-25)19-8-4-3-7-18(19)22/h1-8,23H,9-15H2. The molecule has 0 aromatic heterocycles. The zero-order valence-corrected chi connectivity index (χ0v) is 15.4. The van der Waals surface area contributed by atoms with E-state index in [1.807, 2.05) is 40.1 Å². The maximum atomic E-state index is 13.9. The Morgan fingerprint density at radius 2 is 1.73 bits per heavy atom. The Balaban J connectivity index is 1.40. The minimum absolute atomic E-state index is 0.129. The van der Waals surface area contributed by atoms with Crippen LogP contribution >= 0.6 is 11.6 Å². The zero-order valence-electron chi connectivity index (χ0n) is 14.6. The number of anilines is 1. The molecule has 1 heterocycles. The molecule has 0 spiro atoms. The normalized spacial score (nSPS) is 14.5. The number of rotatable bonds is 6. The van der Waals surface area contributed by atoms with E-state index in [0.29, 0.717) is 51.4 Å². The highest BCUT2D eigenvalue weighted by Crippen LogP contribution is 2.20. The van der Waals surface area contributed by atoms with E-state index in [2.05, 4.69) is 5.32 Å². The van der Waals surface area contributed by atoms with Crippen molar-refractivity contribution in [3.05, 3.63) is 64.9 Å². The maximum Gasteiger partial charge on any atom is 0.223 e. The molecule has 0 unspecified atom stereocenters. The summed E-state index contributed by atoms with van der Waals surface area (Å²) in [5.41, 5.74) is 1.64. The first kappa shape index (κ1) is 18.7. The van der Waals surface area contributed by atoms with Gasteiger partial charge in [-0.2, -0.15) is 0 Å². The molecule has 0 atom stereocenters. The number of amides is 1. The van der Waals surface area contributed by atoms with E-state index in [0.717, 1.165) is 10.6 Å². The predicted molar refractivity (Wildman–Crippen MR) is 103 cm³/mol. The van der Waals surface area contributed by atoms with Crippen molar-refractivity contribution in [2.75, 3.05) is 37.6 Å². The van der Waals surface area contributed by atoms with Gasteiger partial charge in [-0.1, -0.05) is 41.9 Å². The molecule has 4 nitrogen and oxygen atoms in total. The van der Waals surface area contributed by atoms with Crippen molar-refractivity contribution in [2.24, 2.45) is 0 Å². The van der Waals surface area contributed by atoms with Crippen LogP contribution in [0.25, 0.3) is 0 Å². The molecular formula is C20H23ClFN3O. The predicted octanol–water partition coefficient (Wildman–Crippen LogP) is 3.31. The second kappa shape index (κ2) is 9.01. The number of benzene rings is 2. The van der Waals surface area contributed by atoms with Crippen molar-refractivity contribution < 1.29 is 9.18 Å². The Morgan fingerprint density at radius 3 is 2.46 bits per heavy atom. The van der Waals surface area contributed by atoms with Crippen LogP contribution in [-0.2, 0) is 11.3 Å². The lowest BCUT2D eigenvalue weighted by Gasteiger charge is -2.36. The molecule has 6 heteroatoms. The smallest absolute Gasteiger partial charge is 0.223 e. The molecule has 0 radical (unpaired) electrons. The molecular weight excluding hydrogens is 353 g/mol. The second-order valence-electron chi connectivity index (χ2n) is 6.34. The van der Waals surface area contributed by atoms with Gasteiger partial charge in [-0.15, -0.1) is 0 Å². The maximum absolute atomic E-state index is 13.9. The molecule has 1 saturated heterocycles. The van der Waals surface area contributed by atoms with Crippen molar-refractivity contribution in [1.82, 2.24) is 10.2 Å². The number of hydrogen-bond donors (Lipinski definition) is 1. The lowest BCUT2D eigenvalue weighted by atomic mass is 10.2. The first-order valence-corrected chi connectivity index (χ1v) is 9.24. The molecule has 0 bridgehead atoms. The summed E-state index contributed by atoms with van der Waals surface area (Å²) in [4.78, 5) is 16.2. The SMILES string of the molecule is O=C(CCNCc1ccccc1Cl)N1CCN(c2ccccc2F)CC1. The summed E-state index contributed by atoms with van der Waals surface area (Å²) < 4.78 is 13.9. The highest BCUT2D eigenvalue weighted by atomic mass is 35.5. The van der Waals surface area contributed by atoms with Gasteiger partial charge in [-0.25, -0.2) is 4.39 Å². The van der Waals surface area contributed by atoms with Crippen LogP contribution in [0.1, 0.15) is 12.0 Å². The second-order valence-corrected chi connectivity index (χ2v) is 6.74. The average molecular weight is 376 g/mol. The number of carbonyl (C=O) groups excluding carboxylic acids is 1. The van der Waals surface area contributed by atoms with Crippen molar-refractivity contribution >= 4 is 23.2 Å². The minimum Gasteiger partial charge on any atom is -0.366 e. The molecule has 138 valence electrons. The number of nitrogens with zero attached hydrogens (tertiary/aromatic N) is 2. The lowest BCUT2D eigenvalue weighted by Crippen LogP contribution is -2.49. The fraction of sp³-hybridized carbons (Fsp3) is 0.350. The fourth-order valence-electron chi connectivity index (χ4n) is 3.12. The van der Waals surface area contributed by atoms with Gasteiger partial charge < -0.3 is 15.1 Å². The largest absolute Gasteiger partial charge is 0.366 e. The molecule has 1 aliphatic heterocycles. The molecule has 1 fully saturated rings. The number of nitrogens with one attached hydrogen (secondary N) is 1. The molecule has 2 aromatic rings. The van der Waals surface area contributed by atoms with Crippen LogP contribution in [0.2, 0.25) is 5.02 Å². The number of para-hydroxylation sites is 1. The van der Waals surface area contributed by atoms with Gasteiger partial charge in [0.2, 0.25) is 5.91 Å². The monoisotopic (exact) mass is 375 g/mol. The van der Waals surface area contributed by atoms with Crippen LogP contribution in [0.5, 0.6) is 0 Å². The lowest BCUT2D eigenvalue weighted by molar-refractivity contribution is -0.131. The third-order valence-corrected chi connectivity index (χ3v) is 4.98. The van der Waals surface area contributed by atoms with Crippen LogP contribution in [0.4, 0.5) is 10.1 Å². The molecule has 1 N–H and O–H groups in total. The quantitative estimate of drug-likeness (QED) is 0.787. The van der Waals surface area contributed by atoms with Crippen molar-refractivity contribution in [1.29, 1.82) is 0 Å². The van der Waals surface area contributed by atoms with Crippen molar-refractivity contribution in [3.8, 4) is 0 Å². The van der Waals surface area contributed by atoms with Crippen LogP contribution in [-0.4, -0.2) is 43.5 Å². The third kappa shape index (κ3) is 4.74. The Morgan fingerprint density at radius 1 is 1.04 bits per heavy atom. The van der Waals surface area contributed by atoms with Gasteiger partial charge in [0.1, 0.15) is 5.82 Å². The van der Waals surface area contributed by atoms with Gasteiger partial charge in [0.05, 0.1) is 5.69 Å². The fourth-order valence-corrected chi connectivity index (χ4v) is 3.33. The summed E-state index contributed by atoms with van der Waals surface area (Å²) in [6.45, 7) is 3.81. The Kier molecular flexibility index (Phi) is 6.47. The highest BCUT2D eigenvalue weighted by molar-refractivity contribution is 6.31. The van der Waals surface area contributed by atoms with E-state index >= 15 is 0 Å². The van der Waals surface area contributed by atoms with Crippen molar-refractivity contribution in [2.45, 2.75) is 13.0 Å². The molecule has 3 rings (SSSR count). The van der Waals surface area contributed by atoms with E-state index in [1.54, 1.807) is 12.1 Å². The van der Waals surface area contributed by atoms with Gasteiger partial charge in [-0.3, -0.25) is 4.79 Å². The Bertz CT molecular complexity index is 747. The first-order valence-electron chi connectivity index (χ1n) is 8.86. The molecule has 1 amide bonds. The third-order valence-electron chi connectivity index (χ3n) is 4.61. The molecule has 0 saturated carbocycles. The first-order chi connectivity index (χ1) is 12.6. The van der Waals surface area contributed by atoms with E-state index < -0.39 is 0 Å². The van der Waals surface area contributed by atoms with Crippen LogP contribution in [0, 0.1) is 5.82 Å². The van der Waals surface area contributed by atoms with E-state index in [-0.39, 0.29) is 11.7 Å². The van der Waals surface area contributed by atoms with Crippen LogP contribution in [0.3, 0.4) is 0 Å². The summed E-state index contributed by atoms with van der Waals surface area (Å²) in [6, 6.07) is 14.5. The summed E-state index contributed by atoms with van der Waals surface area (Å²) in [7, 11) is 0. The minimum atomic E-state index is -0.212. The number of piperazine rings is 1. The summed E-state index contributed by atoms with van der Waals surface area (Å²) in [5, 5.41) is 3.99. The Labute approximate surface area is 158 Å². The van der Waals surface area contributed by atoms with Crippen molar-refractivity contribution in [3.63, 3.8) is 0 Å². The van der Waals surface area contributed by atoms with E-state index in [1.165, 1.54) is 6.07 Å². The zero-order chi connectivity index (χ0) is 18.4. The highest BCUT2D eigenvalue weighted by Gasteiger charge is 2.22. The van der Waals surface area contributed by atoms with Crippen LogP contribution < -0.4 is 10.2 Å². The Hall–Kier alpha value is -2.11. The topological polar surface area (TPSA) is 35.6 Å². The van der Waals surface area contributed by atoms with Gasteiger partial charge in [0.25, 0.3) is 0 Å². The average Bonchev–Trinajstić information content (AvgIpc) is 2.67. The van der Waals surface area contributed by atoms with E-state index in [9.17, 15) is 9.18 Å². The summed E-state index contributed by atoms with van der Waals surface area (Å²) >= 11 is 6.12. The number of carbonyl (C=O) groups is 1. The molecule has 26 heavy (non-hydrogen) atoms. The molecule has 0 aliphatic carbocycles. The number of halogens is 2.